The molecule has 3 aliphatic heterocycles. The van der Waals surface area contributed by atoms with E-state index in [1.807, 2.05) is 41.5 Å². The molecule has 1 saturated carbocycles. The first kappa shape index (κ1) is 43.6. The summed E-state index contributed by atoms with van der Waals surface area (Å²) in [5.74, 6) is 4.67. The Labute approximate surface area is 288 Å². The third kappa shape index (κ3) is 13.4. The minimum Gasteiger partial charge on any atom is -0.380 e. The largest absolute Gasteiger partial charge is 0.380 e. The van der Waals surface area contributed by atoms with Crippen molar-refractivity contribution < 1.29 is 33.4 Å². The minimum absolute atomic E-state index is 0.119. The maximum Gasteiger partial charge on any atom is 0.148 e. The smallest absolute Gasteiger partial charge is 0.148 e. The number of ketones is 4. The molecule has 3 heterocycles. The predicted molar refractivity (Wildman–Crippen MR) is 190 cm³/mol. The number of hydrogen-bond acceptors (Lipinski definition) is 7. The molecule has 0 N–H and O–H groups in total. The molecule has 0 amide bonds. The molecular formula is C40H72O7. The molecule has 0 aromatic carbocycles. The average Bonchev–Trinajstić information content (AvgIpc) is 3.17. The van der Waals surface area contributed by atoms with Crippen LogP contribution in [-0.2, 0) is 33.4 Å². The fraction of sp³-hybridized carbons (Fsp3) is 0.900. The highest BCUT2D eigenvalue weighted by Crippen LogP contribution is 2.35. The van der Waals surface area contributed by atoms with Gasteiger partial charge in [-0.2, -0.15) is 0 Å². The van der Waals surface area contributed by atoms with Gasteiger partial charge in [-0.05, 0) is 36.5 Å². The fourth-order valence-corrected chi connectivity index (χ4v) is 7.09. The summed E-state index contributed by atoms with van der Waals surface area (Å²) < 4.78 is 16.0. The SMILES string of the molecule is CC(C)C1CCCCC(C(C)C)C1=O.CC(C)C1COCC(C(C)C)C1=O.CC1(C)COCC(C)(C)C1=O.CC1COCC(C)C1=O. The topological polar surface area (TPSA) is 96.0 Å². The average molecular weight is 665 g/mol. The monoisotopic (exact) mass is 665 g/mol. The van der Waals surface area contributed by atoms with Crippen LogP contribution in [0.3, 0.4) is 0 Å². The van der Waals surface area contributed by atoms with Gasteiger partial charge in [0.15, 0.2) is 0 Å². The van der Waals surface area contributed by atoms with Crippen molar-refractivity contribution in [2.75, 3.05) is 39.6 Å². The number of carbonyl (C=O) groups excluding carboxylic acids is 4. The second-order valence-electron chi connectivity index (χ2n) is 17.4. The lowest BCUT2D eigenvalue weighted by Crippen LogP contribution is -2.47. The molecule has 0 aromatic heterocycles. The van der Waals surface area contributed by atoms with Gasteiger partial charge in [-0.15, -0.1) is 0 Å². The molecule has 274 valence electrons. The molecule has 7 heteroatoms. The zero-order chi connectivity index (χ0) is 36.3. The maximum atomic E-state index is 12.2. The summed E-state index contributed by atoms with van der Waals surface area (Å²) in [6.07, 6.45) is 4.75. The number of hydrogen-bond donors (Lipinski definition) is 0. The summed E-state index contributed by atoms with van der Waals surface area (Å²) in [7, 11) is 0. The van der Waals surface area contributed by atoms with E-state index in [1.165, 1.54) is 12.8 Å². The Hall–Kier alpha value is -1.44. The molecule has 0 radical (unpaired) electrons. The molecule has 0 aromatic rings. The first-order valence-electron chi connectivity index (χ1n) is 18.5. The molecule has 6 atom stereocenters. The third-order valence-corrected chi connectivity index (χ3v) is 10.4. The summed E-state index contributed by atoms with van der Waals surface area (Å²) in [5.41, 5.74) is -0.580. The van der Waals surface area contributed by atoms with Gasteiger partial charge in [-0.25, -0.2) is 0 Å². The summed E-state index contributed by atoms with van der Waals surface area (Å²) >= 11 is 0. The molecule has 0 bridgehead atoms. The van der Waals surface area contributed by atoms with E-state index in [-0.39, 0.29) is 34.5 Å². The van der Waals surface area contributed by atoms with Crippen molar-refractivity contribution in [2.24, 2.45) is 70.0 Å². The second kappa shape index (κ2) is 19.7. The van der Waals surface area contributed by atoms with Crippen LogP contribution < -0.4 is 0 Å². The Morgan fingerprint density at radius 1 is 0.489 bits per heavy atom. The van der Waals surface area contributed by atoms with E-state index in [0.717, 1.165) is 12.8 Å². The Balaban J connectivity index is 0.000000317. The molecule has 6 unspecified atom stereocenters. The van der Waals surface area contributed by atoms with Crippen LogP contribution >= 0.6 is 0 Å². The molecule has 1 aliphatic carbocycles. The summed E-state index contributed by atoms with van der Waals surface area (Å²) in [6.45, 7) is 32.3. The van der Waals surface area contributed by atoms with Crippen LogP contribution in [0.5, 0.6) is 0 Å². The summed E-state index contributed by atoms with van der Waals surface area (Å²) in [6, 6.07) is 0. The van der Waals surface area contributed by atoms with Crippen molar-refractivity contribution in [3.05, 3.63) is 0 Å². The van der Waals surface area contributed by atoms with Crippen molar-refractivity contribution in [2.45, 2.75) is 123 Å². The van der Waals surface area contributed by atoms with Crippen molar-refractivity contribution in [1.29, 1.82) is 0 Å². The van der Waals surface area contributed by atoms with Crippen molar-refractivity contribution >= 4 is 23.1 Å². The van der Waals surface area contributed by atoms with Gasteiger partial charge in [-0.1, -0.05) is 110 Å². The molecule has 0 spiro atoms. The number of rotatable bonds is 4. The number of ether oxygens (including phenoxy) is 3. The van der Waals surface area contributed by atoms with E-state index in [2.05, 4.69) is 55.4 Å². The third-order valence-electron chi connectivity index (χ3n) is 10.4. The van der Waals surface area contributed by atoms with Crippen molar-refractivity contribution in [3.63, 3.8) is 0 Å². The van der Waals surface area contributed by atoms with Gasteiger partial charge in [0.2, 0.25) is 0 Å². The van der Waals surface area contributed by atoms with Gasteiger partial charge in [0.25, 0.3) is 0 Å². The highest BCUT2D eigenvalue weighted by Gasteiger charge is 2.43. The maximum absolute atomic E-state index is 12.2. The van der Waals surface area contributed by atoms with E-state index in [1.54, 1.807) is 0 Å². The van der Waals surface area contributed by atoms with Crippen LogP contribution in [0.25, 0.3) is 0 Å². The molecular weight excluding hydrogens is 592 g/mol. The first-order chi connectivity index (χ1) is 21.7. The Morgan fingerprint density at radius 3 is 1.11 bits per heavy atom. The Kier molecular flexibility index (Phi) is 18.2. The lowest BCUT2D eigenvalue weighted by atomic mass is 9.73. The molecule has 3 saturated heterocycles. The van der Waals surface area contributed by atoms with Crippen LogP contribution in [0.2, 0.25) is 0 Å². The second-order valence-corrected chi connectivity index (χ2v) is 17.4. The van der Waals surface area contributed by atoms with E-state index in [9.17, 15) is 19.2 Å². The Morgan fingerprint density at radius 2 is 0.809 bits per heavy atom. The molecule has 4 rings (SSSR count). The van der Waals surface area contributed by atoms with Gasteiger partial charge in [0.1, 0.15) is 23.1 Å². The van der Waals surface area contributed by atoms with Crippen molar-refractivity contribution in [3.8, 4) is 0 Å². The first-order valence-corrected chi connectivity index (χ1v) is 18.5. The van der Waals surface area contributed by atoms with Crippen LogP contribution in [-0.4, -0.2) is 62.8 Å². The van der Waals surface area contributed by atoms with Gasteiger partial charge in [0.05, 0.1) is 39.6 Å². The Bertz CT molecular complexity index is 925. The lowest BCUT2D eigenvalue weighted by molar-refractivity contribution is -0.153. The minimum atomic E-state index is -0.290. The van der Waals surface area contributed by atoms with E-state index in [0.29, 0.717) is 98.3 Å². The molecule has 7 nitrogen and oxygen atoms in total. The fourth-order valence-electron chi connectivity index (χ4n) is 7.09. The van der Waals surface area contributed by atoms with Crippen molar-refractivity contribution in [1.82, 2.24) is 0 Å². The van der Waals surface area contributed by atoms with E-state index < -0.39 is 0 Å². The van der Waals surface area contributed by atoms with Gasteiger partial charge >= 0.3 is 0 Å². The van der Waals surface area contributed by atoms with Crippen LogP contribution in [0.15, 0.2) is 0 Å². The highest BCUT2D eigenvalue weighted by molar-refractivity contribution is 5.90. The van der Waals surface area contributed by atoms with Gasteiger partial charge < -0.3 is 14.2 Å². The van der Waals surface area contributed by atoms with Crippen LogP contribution in [0.4, 0.5) is 0 Å². The summed E-state index contributed by atoms with van der Waals surface area (Å²) in [4.78, 5) is 46.9. The molecule has 4 fully saturated rings. The predicted octanol–water partition coefficient (Wildman–Crippen LogP) is 8.30. The van der Waals surface area contributed by atoms with E-state index in [4.69, 9.17) is 14.2 Å². The molecule has 47 heavy (non-hydrogen) atoms. The highest BCUT2D eigenvalue weighted by atomic mass is 16.5. The van der Waals surface area contributed by atoms with Crippen LogP contribution in [0, 0.1) is 70.0 Å². The number of carbonyl (C=O) groups is 4. The zero-order valence-electron chi connectivity index (χ0n) is 32.7. The normalized spacial score (nSPS) is 30.9. The number of Topliss-reactive ketones (excluding diaryl/α,β-unsaturated/α-hetero) is 4. The summed E-state index contributed by atoms with van der Waals surface area (Å²) in [5, 5.41) is 0. The van der Waals surface area contributed by atoms with E-state index >= 15 is 0 Å². The van der Waals surface area contributed by atoms with Crippen LogP contribution in [0.1, 0.15) is 123 Å². The standard InChI is InChI=1S/C13H24O.C11H20O2.C9H16O2.C7H12O2/c1-9(2)11-7-5-6-8-12(10(3)4)13(11)14;1-7(2)9-5-13-6-10(8(3)4)11(9)12;1-8(2)5-11-6-9(3,4)7(8)10;1-5-3-9-4-6(2)7(5)8/h9-12H,5-8H2,1-4H3;7-10H,5-6H2,1-4H3;5-6H2,1-4H3;5-6H,3-4H2,1-2H3. The molecule has 4 aliphatic rings. The zero-order valence-corrected chi connectivity index (χ0v) is 32.7. The van der Waals surface area contributed by atoms with Gasteiger partial charge in [-0.3, -0.25) is 19.2 Å². The van der Waals surface area contributed by atoms with Gasteiger partial charge in [0, 0.05) is 46.3 Å². The lowest BCUT2D eigenvalue weighted by Gasteiger charge is -2.38. The quantitative estimate of drug-likeness (QED) is 0.279.